The van der Waals surface area contributed by atoms with Crippen molar-refractivity contribution < 1.29 is 17.9 Å². The van der Waals surface area contributed by atoms with Crippen LogP contribution in [0, 0.1) is 0 Å². The smallest absolute Gasteiger partial charge is 0.335 e. The van der Waals surface area contributed by atoms with Crippen molar-refractivity contribution in [1.82, 2.24) is 19.0 Å². The van der Waals surface area contributed by atoms with Gasteiger partial charge >= 0.3 is 6.03 Å². The molecule has 3 heterocycles. The van der Waals surface area contributed by atoms with Gasteiger partial charge in [0.25, 0.3) is 10.0 Å². The van der Waals surface area contributed by atoms with Crippen LogP contribution in [0.5, 0.6) is 5.75 Å². The summed E-state index contributed by atoms with van der Waals surface area (Å²) in [4.78, 5) is 16.9. The quantitative estimate of drug-likeness (QED) is 0.626. The number of hydrogen-bond acceptors (Lipinski definition) is 7. The van der Waals surface area contributed by atoms with Crippen LogP contribution in [0.15, 0.2) is 35.5 Å². The maximum absolute atomic E-state index is 12.7. The molecule has 10 nitrogen and oxygen atoms in total. The summed E-state index contributed by atoms with van der Waals surface area (Å²) in [5.74, 6) is 0.862. The molecular weight excluding hydrogens is 488 g/mol. The molecule has 0 saturated carbocycles. The van der Waals surface area contributed by atoms with E-state index in [0.29, 0.717) is 13.0 Å². The molecule has 0 bridgehead atoms. The van der Waals surface area contributed by atoms with Crippen LogP contribution >= 0.6 is 17.0 Å². The molecule has 1 aromatic carbocycles. The molecule has 0 aliphatic carbocycles. The molecule has 1 N–H and O–H groups in total. The van der Waals surface area contributed by atoms with E-state index in [-0.39, 0.29) is 34.2 Å². The summed E-state index contributed by atoms with van der Waals surface area (Å²) in [5, 5.41) is 6.48. The number of nitrogens with one attached hydrogen (secondary N) is 1. The number of sulfonamides is 1. The number of fused-ring (bicyclic) bond motifs is 1. The highest BCUT2D eigenvalue weighted by Crippen LogP contribution is 2.29. The molecular formula is C19H27BrN6O4S. The number of aryl methyl sites for hydroxylation is 1. The van der Waals surface area contributed by atoms with Gasteiger partial charge in [0.1, 0.15) is 11.4 Å². The lowest BCUT2D eigenvalue weighted by Crippen LogP contribution is -2.48. The van der Waals surface area contributed by atoms with Crippen molar-refractivity contribution >= 4 is 44.4 Å². The van der Waals surface area contributed by atoms with Gasteiger partial charge in [-0.2, -0.15) is 13.5 Å². The summed E-state index contributed by atoms with van der Waals surface area (Å²) in [6.07, 6.45) is 2.05. The largest absolute Gasteiger partial charge is 0.495 e. The maximum Gasteiger partial charge on any atom is 0.335 e. The molecule has 1 saturated heterocycles. The molecule has 0 spiro atoms. The van der Waals surface area contributed by atoms with E-state index in [4.69, 9.17) is 4.74 Å². The van der Waals surface area contributed by atoms with Crippen molar-refractivity contribution in [3.8, 4) is 5.75 Å². The van der Waals surface area contributed by atoms with Crippen molar-refractivity contribution in [2.45, 2.75) is 11.4 Å². The van der Waals surface area contributed by atoms with E-state index in [9.17, 15) is 13.2 Å². The van der Waals surface area contributed by atoms with Gasteiger partial charge in [0.2, 0.25) is 5.03 Å². The highest BCUT2D eigenvalue weighted by Gasteiger charge is 2.39. The van der Waals surface area contributed by atoms with Gasteiger partial charge in [0.15, 0.2) is 0 Å². The topological polar surface area (TPSA) is 100 Å². The molecule has 12 heteroatoms. The van der Waals surface area contributed by atoms with Gasteiger partial charge in [0.05, 0.1) is 12.8 Å². The number of urea groups is 1. The number of halogens is 1. The van der Waals surface area contributed by atoms with Gasteiger partial charge in [-0.3, -0.25) is 9.58 Å². The van der Waals surface area contributed by atoms with Crippen molar-refractivity contribution in [2.75, 3.05) is 56.6 Å². The maximum atomic E-state index is 12.7. The molecule has 2 aromatic rings. The van der Waals surface area contributed by atoms with Crippen LogP contribution in [-0.4, -0.2) is 79.8 Å². The highest BCUT2D eigenvalue weighted by molar-refractivity contribution is 8.93. The molecule has 0 atom stereocenters. The molecule has 4 rings (SSSR count). The predicted octanol–water partition coefficient (Wildman–Crippen LogP) is 1.76. The third kappa shape index (κ3) is 4.65. The van der Waals surface area contributed by atoms with E-state index in [1.54, 1.807) is 14.2 Å². The zero-order chi connectivity index (χ0) is 21.3. The van der Waals surface area contributed by atoms with E-state index < -0.39 is 16.1 Å². The van der Waals surface area contributed by atoms with Crippen LogP contribution in [0.1, 0.15) is 6.42 Å². The van der Waals surface area contributed by atoms with Crippen LogP contribution in [0.25, 0.3) is 0 Å². The third-order valence-electron chi connectivity index (χ3n) is 5.43. The van der Waals surface area contributed by atoms with Gasteiger partial charge in [-0.15, -0.1) is 17.0 Å². The number of methoxy groups -OCH3 is 1. The average Bonchev–Trinajstić information content (AvgIpc) is 3.12. The minimum Gasteiger partial charge on any atom is -0.495 e. The molecule has 2 amide bonds. The first-order chi connectivity index (χ1) is 14.4. The Kier molecular flexibility index (Phi) is 7.12. The number of aromatic nitrogens is 2. The monoisotopic (exact) mass is 514 g/mol. The van der Waals surface area contributed by atoms with Crippen molar-refractivity contribution in [3.05, 3.63) is 30.5 Å². The number of hydrogen-bond donors (Lipinski definition) is 1. The zero-order valence-corrected chi connectivity index (χ0v) is 20.1. The van der Waals surface area contributed by atoms with Crippen molar-refractivity contribution in [1.29, 1.82) is 0 Å². The second-order valence-electron chi connectivity index (χ2n) is 7.38. The number of piperazine rings is 1. The third-order valence-corrected chi connectivity index (χ3v) is 7.15. The van der Waals surface area contributed by atoms with Crippen LogP contribution in [0.2, 0.25) is 0 Å². The van der Waals surface area contributed by atoms with E-state index in [1.807, 2.05) is 18.2 Å². The first kappa shape index (κ1) is 23.4. The number of rotatable bonds is 6. The van der Waals surface area contributed by atoms with Crippen molar-refractivity contribution in [2.24, 2.45) is 7.05 Å². The van der Waals surface area contributed by atoms with Gasteiger partial charge in [0, 0.05) is 52.5 Å². The second-order valence-corrected chi connectivity index (χ2v) is 9.16. The zero-order valence-electron chi connectivity index (χ0n) is 17.5. The molecule has 31 heavy (non-hydrogen) atoms. The summed E-state index contributed by atoms with van der Waals surface area (Å²) in [5.41, 5.74) is 1.31. The summed E-state index contributed by atoms with van der Waals surface area (Å²) >= 11 is 0. The highest BCUT2D eigenvalue weighted by atomic mass is 79.9. The normalized spacial score (nSPS) is 18.2. The average molecular weight is 515 g/mol. The fourth-order valence-corrected chi connectivity index (χ4v) is 5.35. The number of amides is 2. The van der Waals surface area contributed by atoms with Crippen LogP contribution in [0.4, 0.5) is 16.2 Å². The predicted molar refractivity (Wildman–Crippen MR) is 123 cm³/mol. The number of carbonyl (C=O) groups excluding carboxylic acids is 1. The Morgan fingerprint density at radius 2 is 1.84 bits per heavy atom. The fourth-order valence-electron chi connectivity index (χ4n) is 3.90. The Hall–Kier alpha value is -2.31. The number of nitrogens with zero attached hydrogens (tertiary/aromatic N) is 5. The lowest BCUT2D eigenvalue weighted by Gasteiger charge is -2.37. The first-order valence-corrected chi connectivity index (χ1v) is 11.3. The summed E-state index contributed by atoms with van der Waals surface area (Å²) in [6.45, 7) is 4.29. The minimum absolute atomic E-state index is 0. The van der Waals surface area contributed by atoms with Gasteiger partial charge in [-0.25, -0.2) is 9.10 Å². The Labute approximate surface area is 192 Å². The molecule has 2 aliphatic heterocycles. The number of anilines is 2. The number of ether oxygens (including phenoxy) is 1. The first-order valence-electron chi connectivity index (χ1n) is 9.88. The lowest BCUT2D eigenvalue weighted by molar-refractivity contribution is 0.225. The Morgan fingerprint density at radius 1 is 1.13 bits per heavy atom. The minimum atomic E-state index is -3.92. The molecule has 1 aromatic heterocycles. The van der Waals surface area contributed by atoms with Gasteiger partial charge in [-0.05, 0) is 18.6 Å². The Morgan fingerprint density at radius 3 is 2.55 bits per heavy atom. The van der Waals surface area contributed by atoms with E-state index in [1.165, 1.54) is 10.9 Å². The molecule has 170 valence electrons. The van der Waals surface area contributed by atoms with Crippen LogP contribution in [0.3, 0.4) is 0 Å². The number of carbonyl (C=O) groups is 1. The summed E-state index contributed by atoms with van der Waals surface area (Å²) in [7, 11) is -0.624. The Balaban J connectivity index is 0.00000272. The summed E-state index contributed by atoms with van der Waals surface area (Å²) in [6, 6.07) is 7.34. The fraction of sp³-hybridized carbons (Fsp3) is 0.474. The molecule has 0 unspecified atom stereocenters. The van der Waals surface area contributed by atoms with Crippen molar-refractivity contribution in [3.63, 3.8) is 0 Å². The SMILES string of the molecule is Br.COc1ccccc1N1CCN(CCCN2C(=O)Nc3cn(C)nc3S2(=O)=O)CC1. The van der Waals surface area contributed by atoms with Gasteiger partial charge in [-0.1, -0.05) is 12.1 Å². The van der Waals surface area contributed by atoms with E-state index >= 15 is 0 Å². The molecule has 1 fully saturated rings. The molecule has 0 radical (unpaired) electrons. The second kappa shape index (κ2) is 9.45. The van der Waals surface area contributed by atoms with Crippen LogP contribution < -0.4 is 15.0 Å². The lowest BCUT2D eigenvalue weighted by atomic mass is 10.2. The van der Waals surface area contributed by atoms with Gasteiger partial charge < -0.3 is 15.0 Å². The number of benzene rings is 1. The molecule has 2 aliphatic rings. The summed E-state index contributed by atoms with van der Waals surface area (Å²) < 4.78 is 33.2. The van der Waals surface area contributed by atoms with E-state index in [2.05, 4.69) is 26.3 Å². The number of para-hydroxylation sites is 2. The van der Waals surface area contributed by atoms with Crippen LogP contribution in [-0.2, 0) is 17.1 Å². The standard InChI is InChI=1S/C19H26N6O4S.BrH/c1-22-14-15-18(21-22)30(27,28)25(19(26)20-15)9-5-8-23-10-12-24(13-11-23)16-6-3-4-7-17(16)29-2;/h3-4,6-7,14H,5,8-13H2,1-2H3,(H,20,26);1H. The Bertz CT molecular complexity index is 1040. The van der Waals surface area contributed by atoms with E-state index in [0.717, 1.165) is 41.9 Å².